The third-order valence-electron chi connectivity index (χ3n) is 7.14. The minimum atomic E-state index is -0.264. The molecule has 0 bridgehead atoms. The van der Waals surface area contributed by atoms with Crippen molar-refractivity contribution in [3.8, 4) is 11.5 Å². The van der Waals surface area contributed by atoms with Gasteiger partial charge in [0.25, 0.3) is 0 Å². The van der Waals surface area contributed by atoms with Crippen molar-refractivity contribution in [3.63, 3.8) is 0 Å². The largest absolute Gasteiger partial charge is 0.492 e. The number of rotatable bonds is 7. The number of fused-ring (bicyclic) bond motifs is 2. The molecule has 4 aromatic carbocycles. The normalized spacial score (nSPS) is 23.3. The molecule has 1 aliphatic heterocycles. The SMILES string of the molecule is CON1C(C)(COc2ccc3ccccc3c2)CCCC1(C)COc1ccc2ccccc2c1. The van der Waals surface area contributed by atoms with E-state index in [0.29, 0.717) is 13.2 Å². The highest BCUT2D eigenvalue weighted by Gasteiger charge is 2.48. The second-order valence-corrected chi connectivity index (χ2v) is 9.92. The Balaban J connectivity index is 1.30. The highest BCUT2D eigenvalue weighted by Crippen LogP contribution is 2.40. The molecule has 1 fully saturated rings. The zero-order chi connectivity index (χ0) is 23.6. The van der Waals surface area contributed by atoms with Gasteiger partial charge in [-0.1, -0.05) is 60.7 Å². The van der Waals surface area contributed by atoms with Crippen LogP contribution >= 0.6 is 0 Å². The Labute approximate surface area is 202 Å². The molecule has 0 saturated carbocycles. The lowest BCUT2D eigenvalue weighted by Crippen LogP contribution is -2.64. The van der Waals surface area contributed by atoms with Crippen LogP contribution in [0.5, 0.6) is 11.5 Å². The molecule has 4 heteroatoms. The summed E-state index contributed by atoms with van der Waals surface area (Å²) < 4.78 is 12.7. The molecule has 34 heavy (non-hydrogen) atoms. The molecule has 0 aliphatic carbocycles. The first kappa shape index (κ1) is 22.7. The summed E-state index contributed by atoms with van der Waals surface area (Å²) in [5.74, 6) is 1.77. The monoisotopic (exact) mass is 455 g/mol. The Kier molecular flexibility index (Phi) is 6.20. The standard InChI is InChI=1S/C30H33NO3/c1-29(21-33-27-15-13-23-9-4-6-11-25(23)19-27)17-8-18-30(2,31(29)32-3)22-34-28-16-14-24-10-5-7-12-26(24)20-28/h4-7,9-16,19-20H,8,17-18,21-22H2,1-3H3. The van der Waals surface area contributed by atoms with Crippen LogP contribution < -0.4 is 9.47 Å². The van der Waals surface area contributed by atoms with E-state index in [4.69, 9.17) is 14.3 Å². The molecule has 4 aromatic rings. The van der Waals surface area contributed by atoms with Gasteiger partial charge in [-0.15, -0.1) is 0 Å². The molecule has 0 N–H and O–H groups in total. The molecule has 0 amide bonds. The Morgan fingerprint density at radius 2 is 1.09 bits per heavy atom. The van der Waals surface area contributed by atoms with Crippen molar-refractivity contribution in [1.82, 2.24) is 5.06 Å². The number of benzene rings is 4. The van der Waals surface area contributed by atoms with Crippen molar-refractivity contribution in [3.05, 3.63) is 84.9 Å². The summed E-state index contributed by atoms with van der Waals surface area (Å²) in [7, 11) is 1.76. The third-order valence-corrected chi connectivity index (χ3v) is 7.14. The van der Waals surface area contributed by atoms with Gasteiger partial charge in [0.05, 0.1) is 18.2 Å². The van der Waals surface area contributed by atoms with E-state index in [1.807, 2.05) is 12.1 Å². The quantitative estimate of drug-likeness (QED) is 0.300. The van der Waals surface area contributed by atoms with Crippen molar-refractivity contribution < 1.29 is 14.3 Å². The lowest BCUT2D eigenvalue weighted by Gasteiger charge is -2.52. The first-order chi connectivity index (χ1) is 16.5. The van der Waals surface area contributed by atoms with E-state index in [0.717, 1.165) is 30.8 Å². The van der Waals surface area contributed by atoms with Crippen molar-refractivity contribution in [2.24, 2.45) is 0 Å². The van der Waals surface area contributed by atoms with Gasteiger partial charge in [0.15, 0.2) is 0 Å². The second kappa shape index (κ2) is 9.28. The molecule has 176 valence electrons. The van der Waals surface area contributed by atoms with Crippen LogP contribution in [0.2, 0.25) is 0 Å². The van der Waals surface area contributed by atoms with Crippen LogP contribution in [0.25, 0.3) is 21.5 Å². The van der Waals surface area contributed by atoms with Crippen LogP contribution in [0.3, 0.4) is 0 Å². The van der Waals surface area contributed by atoms with E-state index < -0.39 is 0 Å². The van der Waals surface area contributed by atoms with Crippen LogP contribution in [-0.2, 0) is 4.84 Å². The summed E-state index contributed by atoms with van der Waals surface area (Å²) in [6.07, 6.45) is 3.09. The average molecular weight is 456 g/mol. The van der Waals surface area contributed by atoms with E-state index >= 15 is 0 Å². The Bertz CT molecular complexity index is 1190. The minimum absolute atomic E-state index is 0.264. The molecule has 1 heterocycles. The predicted molar refractivity (Wildman–Crippen MR) is 138 cm³/mol. The Hall–Kier alpha value is -3.08. The molecule has 1 saturated heterocycles. The molecular weight excluding hydrogens is 422 g/mol. The number of hydrogen-bond donors (Lipinski definition) is 0. The van der Waals surface area contributed by atoms with Gasteiger partial charge < -0.3 is 14.3 Å². The number of piperidine rings is 1. The molecular formula is C30H33NO3. The highest BCUT2D eigenvalue weighted by atomic mass is 16.7. The number of nitrogens with zero attached hydrogens (tertiary/aromatic N) is 1. The van der Waals surface area contributed by atoms with Crippen LogP contribution in [0, 0.1) is 0 Å². The fourth-order valence-corrected chi connectivity index (χ4v) is 5.40. The van der Waals surface area contributed by atoms with Crippen molar-refractivity contribution in [2.45, 2.75) is 44.2 Å². The number of hydroxylamine groups is 2. The maximum atomic E-state index is 6.33. The van der Waals surface area contributed by atoms with Crippen LogP contribution in [0.1, 0.15) is 33.1 Å². The summed E-state index contributed by atoms with van der Waals surface area (Å²) in [4.78, 5) is 6.01. The van der Waals surface area contributed by atoms with Gasteiger partial charge in [0.2, 0.25) is 0 Å². The summed E-state index contributed by atoms with van der Waals surface area (Å²) in [5.41, 5.74) is -0.528. The van der Waals surface area contributed by atoms with E-state index in [1.165, 1.54) is 21.5 Å². The molecule has 5 rings (SSSR count). The molecule has 0 spiro atoms. The van der Waals surface area contributed by atoms with E-state index in [2.05, 4.69) is 91.7 Å². The average Bonchev–Trinajstić information content (AvgIpc) is 2.86. The highest BCUT2D eigenvalue weighted by molar-refractivity contribution is 5.84. The lowest BCUT2D eigenvalue weighted by molar-refractivity contribution is -0.283. The van der Waals surface area contributed by atoms with Crippen LogP contribution in [0.15, 0.2) is 84.9 Å². The zero-order valence-electron chi connectivity index (χ0n) is 20.3. The molecule has 0 radical (unpaired) electrons. The summed E-state index contributed by atoms with van der Waals surface area (Å²) in [6, 6.07) is 29.3. The van der Waals surface area contributed by atoms with Gasteiger partial charge >= 0.3 is 0 Å². The molecule has 0 aromatic heterocycles. The maximum Gasteiger partial charge on any atom is 0.120 e. The second-order valence-electron chi connectivity index (χ2n) is 9.92. The predicted octanol–water partition coefficient (Wildman–Crippen LogP) is 7.02. The van der Waals surface area contributed by atoms with Gasteiger partial charge in [-0.2, -0.15) is 5.06 Å². The third kappa shape index (κ3) is 4.48. The van der Waals surface area contributed by atoms with Gasteiger partial charge in [-0.05, 0) is 78.9 Å². The summed E-state index contributed by atoms with van der Waals surface area (Å²) >= 11 is 0. The van der Waals surface area contributed by atoms with E-state index in [9.17, 15) is 0 Å². The fourth-order valence-electron chi connectivity index (χ4n) is 5.40. The molecule has 4 nitrogen and oxygen atoms in total. The van der Waals surface area contributed by atoms with Crippen molar-refractivity contribution in [1.29, 1.82) is 0 Å². The number of ether oxygens (including phenoxy) is 2. The van der Waals surface area contributed by atoms with Crippen LogP contribution in [0.4, 0.5) is 0 Å². The van der Waals surface area contributed by atoms with E-state index in [-0.39, 0.29) is 11.1 Å². The van der Waals surface area contributed by atoms with Crippen molar-refractivity contribution >= 4 is 21.5 Å². The Morgan fingerprint density at radius 3 is 1.53 bits per heavy atom. The lowest BCUT2D eigenvalue weighted by atomic mass is 9.80. The van der Waals surface area contributed by atoms with Gasteiger partial charge in [0.1, 0.15) is 24.7 Å². The zero-order valence-corrected chi connectivity index (χ0v) is 20.3. The maximum absolute atomic E-state index is 6.33. The van der Waals surface area contributed by atoms with E-state index in [1.54, 1.807) is 7.11 Å². The molecule has 1 aliphatic rings. The smallest absolute Gasteiger partial charge is 0.120 e. The minimum Gasteiger partial charge on any atom is -0.492 e. The fraction of sp³-hybridized carbons (Fsp3) is 0.333. The number of hydrogen-bond acceptors (Lipinski definition) is 4. The van der Waals surface area contributed by atoms with Gasteiger partial charge in [0, 0.05) is 0 Å². The summed E-state index contributed by atoms with van der Waals surface area (Å²) in [6.45, 7) is 5.55. The van der Waals surface area contributed by atoms with Crippen LogP contribution in [-0.4, -0.2) is 36.5 Å². The summed E-state index contributed by atoms with van der Waals surface area (Å²) in [5, 5.41) is 6.93. The van der Waals surface area contributed by atoms with Crippen molar-refractivity contribution in [2.75, 3.05) is 20.3 Å². The first-order valence-corrected chi connectivity index (χ1v) is 12.1. The van der Waals surface area contributed by atoms with Gasteiger partial charge in [-0.3, -0.25) is 0 Å². The Morgan fingerprint density at radius 1 is 0.647 bits per heavy atom. The molecule has 2 unspecified atom stereocenters. The van der Waals surface area contributed by atoms with Gasteiger partial charge in [-0.25, -0.2) is 0 Å². The topological polar surface area (TPSA) is 30.9 Å². The first-order valence-electron chi connectivity index (χ1n) is 12.1. The molecule has 2 atom stereocenters.